The minimum Gasteiger partial charge on any atom is -0.413 e. The van der Waals surface area contributed by atoms with Crippen LogP contribution >= 0.6 is 23.0 Å². The van der Waals surface area contributed by atoms with Crippen LogP contribution in [0, 0.1) is 0 Å². The molecule has 1 aliphatic heterocycles. The van der Waals surface area contributed by atoms with Gasteiger partial charge in [-0.25, -0.2) is 0 Å². The highest BCUT2D eigenvalue weighted by molar-refractivity contribution is 7.79. The maximum Gasteiger partial charge on any atom is 0.460 e. The predicted octanol–water partition coefficient (Wildman–Crippen LogP) is 39.1. The zero-order valence-corrected chi connectivity index (χ0v) is 81.8. The molecule has 146 heavy (non-hydrogen) atoms. The number of fused-ring (bicyclic) bond motifs is 5. The third-order valence-electron chi connectivity index (χ3n) is 27.1. The third kappa shape index (κ3) is 18.6. The second kappa shape index (κ2) is 39.1. The molecule has 0 N–H and O–H groups in total. The van der Waals surface area contributed by atoms with Gasteiger partial charge in [-0.15, -0.1) is 0 Å². The van der Waals surface area contributed by atoms with Gasteiger partial charge in [-0.05, 0) is 272 Å². The fraction of sp³-hybridized carbons (Fsp3) is 0. The number of hydrogen-bond acceptors (Lipinski definition) is 10. The molecule has 0 saturated carbocycles. The van der Waals surface area contributed by atoms with E-state index in [1.54, 1.807) is 0 Å². The second-order valence-corrected chi connectivity index (χ2v) is 42.5. The molecule has 0 aliphatic carbocycles. The molecule has 0 radical (unpaired) electrons. The van der Waals surface area contributed by atoms with E-state index in [0.717, 1.165) is 145 Å². The Morgan fingerprint density at radius 2 is 0.274 bits per heavy atom. The molecule has 25 rings (SSSR count). The smallest absolute Gasteiger partial charge is 0.413 e. The summed E-state index contributed by atoms with van der Waals surface area (Å²) in [7, 11) is -13.8. The van der Waals surface area contributed by atoms with Gasteiger partial charge < -0.3 is 27.1 Å². The Morgan fingerprint density at radius 3 is 0.452 bits per heavy atom. The summed E-state index contributed by atoms with van der Waals surface area (Å²) in [5.41, 5.74) is 27.0. The van der Waals surface area contributed by atoms with Crippen LogP contribution in [-0.2, 0) is 0 Å². The van der Waals surface area contributed by atoms with Crippen molar-refractivity contribution in [3.63, 3.8) is 0 Å². The summed E-state index contributed by atoms with van der Waals surface area (Å²) < 4.78 is 64.7. The molecular formula is C133H91N4O6P3. The molecule has 0 amide bonds. The van der Waals surface area contributed by atoms with E-state index in [1.807, 2.05) is 170 Å². The van der Waals surface area contributed by atoms with Gasteiger partial charge in [0.25, 0.3) is 0 Å². The van der Waals surface area contributed by atoms with Crippen LogP contribution < -0.4 is 27.1 Å². The predicted molar refractivity (Wildman–Crippen MR) is 606 cm³/mol. The average molecular weight is 1930 g/mol. The summed E-state index contributed by atoms with van der Waals surface area (Å²) in [5.74, 6) is 2.18. The normalized spacial score (nSPS) is 13.5. The van der Waals surface area contributed by atoms with E-state index in [1.165, 1.54) is 53.9 Å². The number of rotatable bonds is 25. The molecule has 1 atom stereocenters. The minimum atomic E-state index is -4.59. The maximum absolute atomic E-state index is 7.82. The number of hydrogen-bond donors (Lipinski definition) is 0. The van der Waals surface area contributed by atoms with Gasteiger partial charge >= 0.3 is 23.0 Å². The van der Waals surface area contributed by atoms with Crippen molar-refractivity contribution >= 4 is 76.8 Å². The van der Waals surface area contributed by atoms with Gasteiger partial charge in [0.1, 0.15) is 34.5 Å². The third-order valence-corrected chi connectivity index (χ3v) is 35.3. The molecule has 0 bridgehead atoms. The van der Waals surface area contributed by atoms with Gasteiger partial charge in [-0.1, -0.05) is 475 Å². The van der Waals surface area contributed by atoms with E-state index in [-0.39, 0.29) is 0 Å². The van der Waals surface area contributed by atoms with E-state index >= 15 is 0 Å². The first-order chi connectivity index (χ1) is 72.1. The summed E-state index contributed by atoms with van der Waals surface area (Å²) in [5, 5.41) is 11.8. The molecule has 1 unspecified atom stereocenters. The monoisotopic (exact) mass is 1930 g/mol. The van der Waals surface area contributed by atoms with E-state index in [0.29, 0.717) is 34.5 Å². The zero-order chi connectivity index (χ0) is 97.2. The lowest BCUT2D eigenvalue weighted by molar-refractivity contribution is 0.443. The standard InChI is InChI=1S/C133H91N4O6P3/c1-6-28-123-106(18-1)23-13-33-128(123)111-55-43-94(44-56-111)101-69-81-118(82-70-101)139-144(138-117-79-67-100(68-80-117)93-41-39-92(40-42-93)99-53-65-116(66-54-99)133-38-11-12-91-134-133)135-145(140-119-83-71-102(72-84-119)95-45-57-112(58-46-95)129-34-14-24-107-19-2-7-29-124(107)129,141-120-85-73-103(74-86-120)96-47-59-113(60-48-96)130-35-15-25-108-20-3-8-30-125(108)130)137-146(136-144,142-121-87-75-104(76-88-121)97-49-61-114(62-50-97)131-36-16-26-109-21-4-9-31-126(109)131)143-122-89-77-105(78-90-122)98-51-63-115(64-52-98)132-37-17-27-110-22-5-10-32-127(110)132/h1-91H. The summed E-state index contributed by atoms with van der Waals surface area (Å²) in [6.45, 7) is 0. The Kier molecular flexibility index (Phi) is 23.9. The summed E-state index contributed by atoms with van der Waals surface area (Å²) >= 11 is 0. The topological polar surface area (TPSA) is 105 Å². The van der Waals surface area contributed by atoms with Gasteiger partial charge in [-0.2, -0.15) is 0 Å². The van der Waals surface area contributed by atoms with Crippen LogP contribution in [-0.4, -0.2) is 4.98 Å². The van der Waals surface area contributed by atoms with Gasteiger partial charge in [0.2, 0.25) is 0 Å². The number of pyridine rings is 1. The lowest BCUT2D eigenvalue weighted by Crippen LogP contribution is -2.11. The van der Waals surface area contributed by atoms with Crippen molar-refractivity contribution in [2.75, 3.05) is 0 Å². The van der Waals surface area contributed by atoms with Gasteiger partial charge in [0.05, 0.1) is 5.69 Å². The quantitative estimate of drug-likeness (QED) is 0.0525. The van der Waals surface area contributed by atoms with Gasteiger partial charge in [0.15, 0.2) is 0 Å². The van der Waals surface area contributed by atoms with Crippen LogP contribution in [0.3, 0.4) is 0 Å². The molecule has 13 heteroatoms. The second-order valence-electron chi connectivity index (χ2n) is 36.3. The van der Waals surface area contributed by atoms with Crippen LogP contribution in [0.1, 0.15) is 0 Å². The Bertz CT molecular complexity index is 8420. The molecule has 0 spiro atoms. The SMILES string of the molecule is c1ccc(-c2ccc(-c3ccc(-c4ccc(OP5(Oc6ccc(-c7ccc(-c8cccc9ccccc89)cc7)cc6)=NP(Oc6ccc(-c7ccc(-c8cccc9ccccc89)cc7)cc6)(Oc6ccc(-c7ccc(-c8cccc9ccccc89)cc7)cc6)=NP(Oc6ccc(-c7ccc(-c8cccc9ccccc89)cc7)cc6)(Oc6ccc(-c7ccc(-c8cccc9ccccc89)cc7)cc6)=N5)cc4)cc3)cc2)nc1. The van der Waals surface area contributed by atoms with Crippen molar-refractivity contribution in [1.29, 1.82) is 0 Å². The van der Waals surface area contributed by atoms with E-state index in [4.69, 9.17) is 40.7 Å². The minimum absolute atomic E-state index is 0.360. The molecule has 1 aliphatic rings. The first-order valence-electron chi connectivity index (χ1n) is 48.8. The maximum atomic E-state index is 7.82. The lowest BCUT2D eigenvalue weighted by atomic mass is 9.96. The number of aromatic nitrogens is 1. The summed E-state index contributed by atoms with van der Waals surface area (Å²) in [6.07, 6.45) is 1.82. The first kappa shape index (κ1) is 89.4. The van der Waals surface area contributed by atoms with Crippen molar-refractivity contribution in [3.05, 3.63) is 552 Å². The molecule has 10 nitrogen and oxygen atoms in total. The van der Waals surface area contributed by atoms with E-state index in [9.17, 15) is 0 Å². The molecule has 24 aromatic rings. The van der Waals surface area contributed by atoms with Gasteiger partial charge in [-0.3, -0.25) is 4.98 Å². The lowest BCUT2D eigenvalue weighted by Gasteiger charge is -2.33. The molecule has 0 fully saturated rings. The van der Waals surface area contributed by atoms with Crippen molar-refractivity contribution in [3.8, 4) is 179 Å². The molecule has 23 aromatic carbocycles. The Morgan fingerprint density at radius 1 is 0.123 bits per heavy atom. The number of nitrogens with zero attached hydrogens (tertiary/aromatic N) is 4. The molecular weight excluding hydrogens is 1840 g/mol. The van der Waals surface area contributed by atoms with Crippen molar-refractivity contribution in [2.45, 2.75) is 0 Å². The highest BCUT2D eigenvalue weighted by atomic mass is 31.3. The Balaban J connectivity index is 0.662. The van der Waals surface area contributed by atoms with Crippen molar-refractivity contribution in [1.82, 2.24) is 4.98 Å². The summed E-state index contributed by atoms with van der Waals surface area (Å²) in [6, 6.07) is 189. The van der Waals surface area contributed by atoms with Crippen molar-refractivity contribution < 1.29 is 27.1 Å². The number of benzene rings is 23. The highest BCUT2D eigenvalue weighted by Gasteiger charge is 2.49. The average Bonchev–Trinajstić information content (AvgIpc) is 0.724. The van der Waals surface area contributed by atoms with Crippen LogP contribution in [0.25, 0.3) is 199 Å². The summed E-state index contributed by atoms with van der Waals surface area (Å²) in [4.78, 5) is 4.60. The van der Waals surface area contributed by atoms with Crippen molar-refractivity contribution in [2.24, 2.45) is 13.5 Å². The Hall–Kier alpha value is -18.0. The van der Waals surface area contributed by atoms with E-state index in [2.05, 4.69) is 387 Å². The first-order valence-corrected chi connectivity index (χ1v) is 53.4. The molecule has 1 aromatic heterocycles. The Labute approximate surface area is 847 Å². The molecule has 2 heterocycles. The van der Waals surface area contributed by atoms with E-state index < -0.39 is 23.0 Å². The van der Waals surface area contributed by atoms with Crippen LogP contribution in [0.5, 0.6) is 34.5 Å². The largest absolute Gasteiger partial charge is 0.460 e. The van der Waals surface area contributed by atoms with Crippen LogP contribution in [0.15, 0.2) is 566 Å². The van der Waals surface area contributed by atoms with Crippen LogP contribution in [0.2, 0.25) is 0 Å². The van der Waals surface area contributed by atoms with Gasteiger partial charge in [0, 0.05) is 11.8 Å². The fourth-order valence-electron chi connectivity index (χ4n) is 19.6. The fourth-order valence-corrected chi connectivity index (χ4v) is 28.7. The highest BCUT2D eigenvalue weighted by Crippen LogP contribution is 2.79. The molecule has 0 saturated heterocycles. The van der Waals surface area contributed by atoms with Crippen LogP contribution in [0.4, 0.5) is 0 Å². The zero-order valence-electron chi connectivity index (χ0n) is 79.1. The molecule has 694 valence electrons.